The Morgan fingerprint density at radius 1 is 1.13 bits per heavy atom. The van der Waals surface area contributed by atoms with Crippen molar-refractivity contribution in [2.24, 2.45) is 0 Å². The van der Waals surface area contributed by atoms with Crippen molar-refractivity contribution in [3.63, 3.8) is 0 Å². The molecule has 3 rings (SSSR count). The van der Waals surface area contributed by atoms with Gasteiger partial charge in [-0.3, -0.25) is 10.1 Å². The monoisotopic (exact) mass is 310 g/mol. The van der Waals surface area contributed by atoms with Gasteiger partial charge in [0.2, 0.25) is 12.4 Å². The molecule has 2 aromatic carbocycles. The Bertz CT molecular complexity index is 866. The smallest absolute Gasteiger partial charge is 0.292 e. The van der Waals surface area contributed by atoms with Gasteiger partial charge in [0.15, 0.2) is 0 Å². The predicted molar refractivity (Wildman–Crippen MR) is 86.4 cm³/mol. The van der Waals surface area contributed by atoms with Crippen molar-refractivity contribution in [2.45, 2.75) is 19.9 Å². The van der Waals surface area contributed by atoms with Gasteiger partial charge in [-0.05, 0) is 18.2 Å². The van der Waals surface area contributed by atoms with Crippen molar-refractivity contribution >= 4 is 28.1 Å². The number of nitrogens with one attached hydrogen (secondary N) is 1. The lowest BCUT2D eigenvalue weighted by Gasteiger charge is -2.06. The van der Waals surface area contributed by atoms with Crippen LogP contribution in [0.25, 0.3) is 10.9 Å². The summed E-state index contributed by atoms with van der Waals surface area (Å²) in [7, 11) is 0. The summed E-state index contributed by atoms with van der Waals surface area (Å²) in [6.45, 7) is 2.72. The number of hydrogen-bond acceptors (Lipinski definition) is 5. The number of rotatable bonds is 5. The second-order valence-corrected chi connectivity index (χ2v) is 5.06. The van der Waals surface area contributed by atoms with Crippen LogP contribution in [0, 0.1) is 10.1 Å². The lowest BCUT2D eigenvalue weighted by molar-refractivity contribution is -0.804. The van der Waals surface area contributed by atoms with Crippen LogP contribution < -0.4 is 10.1 Å². The lowest BCUT2D eigenvalue weighted by atomic mass is 10.2. The topological polar surface area (TPSA) is 84.8 Å². The van der Waals surface area contributed by atoms with Crippen LogP contribution in [0.1, 0.15) is 13.3 Å². The molecule has 0 atom stereocenters. The third-order valence-corrected chi connectivity index (χ3v) is 3.38. The molecule has 0 spiro atoms. The number of nitro benzene ring substituents is 1. The normalized spacial score (nSPS) is 10.7. The second-order valence-electron chi connectivity index (χ2n) is 5.06. The highest BCUT2D eigenvalue weighted by Crippen LogP contribution is 2.28. The lowest BCUT2D eigenvalue weighted by Crippen LogP contribution is -2.42. The highest BCUT2D eigenvalue weighted by atomic mass is 16.6. The number of nitro groups is 1. The van der Waals surface area contributed by atoms with E-state index in [1.54, 1.807) is 23.0 Å². The average Bonchev–Trinajstić information content (AvgIpc) is 2.55. The Hall–Kier alpha value is -3.09. The summed E-state index contributed by atoms with van der Waals surface area (Å²) in [4.78, 5) is 12.4. The van der Waals surface area contributed by atoms with E-state index < -0.39 is 4.92 Å². The number of fused-ring (bicyclic) bond motifs is 1. The third-order valence-electron chi connectivity index (χ3n) is 3.38. The number of para-hydroxylation sites is 2. The van der Waals surface area contributed by atoms with Crippen LogP contribution in [-0.4, -0.2) is 15.1 Å². The maximum atomic E-state index is 11.2. The molecule has 0 amide bonds. The molecule has 7 nitrogen and oxygen atoms in total. The first kappa shape index (κ1) is 14.8. The number of nitrogens with zero attached hydrogens (tertiary/aromatic N) is 4. The van der Waals surface area contributed by atoms with Crippen molar-refractivity contribution in [1.29, 1.82) is 0 Å². The number of aryl methyl sites for hydroxylation is 1. The van der Waals surface area contributed by atoms with E-state index in [-0.39, 0.29) is 5.69 Å². The Balaban J connectivity index is 2.11. The standard InChI is InChI=1S/C16H16N5O2/c1-2-11-20-18-13-8-4-3-7-12(13)16(19-20)17-14-9-5-6-10-15(14)21(22)23/h3-10H,2,11H2,1H3,(H,17,18,19)/q+1. The van der Waals surface area contributed by atoms with Crippen molar-refractivity contribution < 1.29 is 9.72 Å². The van der Waals surface area contributed by atoms with Crippen LogP contribution in [0.3, 0.4) is 0 Å². The van der Waals surface area contributed by atoms with E-state index in [1.165, 1.54) is 6.07 Å². The van der Waals surface area contributed by atoms with Gasteiger partial charge in [0.1, 0.15) is 11.2 Å². The van der Waals surface area contributed by atoms with Crippen molar-refractivity contribution in [3.8, 4) is 0 Å². The maximum absolute atomic E-state index is 11.2. The van der Waals surface area contributed by atoms with Crippen LogP contribution in [0.15, 0.2) is 48.5 Å². The van der Waals surface area contributed by atoms with E-state index in [4.69, 9.17) is 0 Å². The Labute approximate surface area is 132 Å². The molecule has 0 radical (unpaired) electrons. The second kappa shape index (κ2) is 6.35. The molecule has 0 unspecified atom stereocenters. The molecule has 3 aromatic rings. The van der Waals surface area contributed by atoms with E-state index in [9.17, 15) is 10.1 Å². The molecule has 7 heteroatoms. The third kappa shape index (κ3) is 3.08. The van der Waals surface area contributed by atoms with E-state index in [0.29, 0.717) is 18.1 Å². The SMILES string of the molecule is CCC[n+]1nc(Nc2ccccc2[N+](=O)[O-])c2ccccc2n1. The molecule has 1 aromatic heterocycles. The zero-order chi connectivity index (χ0) is 16.2. The van der Waals surface area contributed by atoms with E-state index in [2.05, 4.69) is 15.5 Å². The summed E-state index contributed by atoms with van der Waals surface area (Å²) in [6, 6.07) is 14.1. The molecule has 0 saturated carbocycles. The molecule has 0 aliphatic rings. The number of hydrogen-bond donors (Lipinski definition) is 1. The average molecular weight is 310 g/mol. The highest BCUT2D eigenvalue weighted by molar-refractivity contribution is 5.90. The molecule has 0 aliphatic carbocycles. The number of anilines is 2. The first-order valence-electron chi connectivity index (χ1n) is 7.36. The van der Waals surface area contributed by atoms with Crippen LogP contribution in [0.4, 0.5) is 17.2 Å². The molecular weight excluding hydrogens is 294 g/mol. The van der Waals surface area contributed by atoms with Crippen molar-refractivity contribution in [2.75, 3.05) is 5.32 Å². The van der Waals surface area contributed by atoms with Gasteiger partial charge >= 0.3 is 0 Å². The quantitative estimate of drug-likeness (QED) is 0.445. The van der Waals surface area contributed by atoms with E-state index in [0.717, 1.165) is 17.3 Å². The zero-order valence-electron chi connectivity index (χ0n) is 12.6. The van der Waals surface area contributed by atoms with Crippen LogP contribution >= 0.6 is 0 Å². The molecule has 0 fully saturated rings. The first-order valence-corrected chi connectivity index (χ1v) is 7.36. The summed E-state index contributed by atoms with van der Waals surface area (Å²) in [5, 5.41) is 24.0. The fraction of sp³-hybridized carbons (Fsp3) is 0.188. The summed E-state index contributed by atoms with van der Waals surface area (Å²) >= 11 is 0. The van der Waals surface area contributed by atoms with Crippen LogP contribution in [0.5, 0.6) is 0 Å². The first-order chi connectivity index (χ1) is 11.2. The van der Waals surface area contributed by atoms with Crippen molar-refractivity contribution in [3.05, 3.63) is 58.6 Å². The van der Waals surface area contributed by atoms with Gasteiger partial charge in [-0.1, -0.05) is 31.2 Å². The highest BCUT2D eigenvalue weighted by Gasteiger charge is 2.18. The minimum Gasteiger partial charge on any atom is -0.329 e. The van der Waals surface area contributed by atoms with Gasteiger partial charge in [0.25, 0.3) is 5.69 Å². The molecule has 116 valence electrons. The van der Waals surface area contributed by atoms with Gasteiger partial charge in [0, 0.05) is 27.5 Å². The number of aromatic nitrogens is 3. The Morgan fingerprint density at radius 2 is 1.87 bits per heavy atom. The molecule has 0 saturated heterocycles. The van der Waals surface area contributed by atoms with Gasteiger partial charge in [0.05, 0.1) is 10.3 Å². The molecule has 23 heavy (non-hydrogen) atoms. The largest absolute Gasteiger partial charge is 0.329 e. The molecule has 1 heterocycles. The molecule has 0 bridgehead atoms. The molecular formula is C16H16N5O2+. The number of benzene rings is 2. The summed E-state index contributed by atoms with van der Waals surface area (Å²) < 4.78 is 0. The summed E-state index contributed by atoms with van der Waals surface area (Å²) in [5.74, 6) is 0.554. The zero-order valence-corrected chi connectivity index (χ0v) is 12.6. The van der Waals surface area contributed by atoms with Gasteiger partial charge in [-0.15, -0.1) is 0 Å². The summed E-state index contributed by atoms with van der Waals surface area (Å²) in [5.41, 5.74) is 1.21. The van der Waals surface area contributed by atoms with Crippen molar-refractivity contribution in [1.82, 2.24) is 10.2 Å². The van der Waals surface area contributed by atoms with E-state index in [1.807, 2.05) is 31.2 Å². The Kier molecular flexibility index (Phi) is 4.09. The van der Waals surface area contributed by atoms with Gasteiger partial charge < -0.3 is 5.32 Å². The molecule has 0 aliphatic heterocycles. The van der Waals surface area contributed by atoms with Crippen LogP contribution in [0.2, 0.25) is 0 Å². The Morgan fingerprint density at radius 3 is 2.65 bits per heavy atom. The van der Waals surface area contributed by atoms with E-state index >= 15 is 0 Å². The fourth-order valence-corrected chi connectivity index (χ4v) is 2.34. The van der Waals surface area contributed by atoms with Gasteiger partial charge in [-0.2, -0.15) is 0 Å². The summed E-state index contributed by atoms with van der Waals surface area (Å²) in [6.07, 6.45) is 0.897. The maximum Gasteiger partial charge on any atom is 0.292 e. The fourth-order valence-electron chi connectivity index (χ4n) is 2.34. The minimum absolute atomic E-state index is 0.0113. The minimum atomic E-state index is -0.411. The predicted octanol–water partition coefficient (Wildman–Crippen LogP) is 2.98. The molecule has 1 N–H and O–H groups in total. The van der Waals surface area contributed by atoms with Gasteiger partial charge in [-0.25, -0.2) is 0 Å². The van der Waals surface area contributed by atoms with Crippen LogP contribution in [-0.2, 0) is 6.54 Å².